The molecule has 3 nitrogen and oxygen atoms in total. The van der Waals surface area contributed by atoms with Crippen molar-refractivity contribution in [2.24, 2.45) is 11.8 Å². The molecule has 0 aromatic carbocycles. The first kappa shape index (κ1) is 8.78. The SMILES string of the molecule is CC(S)C(C)C(=O)NN. The van der Waals surface area contributed by atoms with E-state index >= 15 is 0 Å². The molecule has 0 bridgehead atoms. The monoisotopic (exact) mass is 148 g/mol. The highest BCUT2D eigenvalue weighted by molar-refractivity contribution is 7.81. The maximum absolute atomic E-state index is 10.7. The lowest BCUT2D eigenvalue weighted by atomic mass is 10.1. The van der Waals surface area contributed by atoms with Gasteiger partial charge >= 0.3 is 0 Å². The van der Waals surface area contributed by atoms with E-state index < -0.39 is 0 Å². The number of hydrazine groups is 1. The third kappa shape index (κ3) is 2.72. The van der Waals surface area contributed by atoms with E-state index in [1.165, 1.54) is 0 Å². The van der Waals surface area contributed by atoms with Crippen LogP contribution in [0.3, 0.4) is 0 Å². The highest BCUT2D eigenvalue weighted by Gasteiger charge is 2.14. The van der Waals surface area contributed by atoms with E-state index in [0.717, 1.165) is 0 Å². The van der Waals surface area contributed by atoms with Gasteiger partial charge in [0.1, 0.15) is 0 Å². The lowest BCUT2D eigenvalue weighted by molar-refractivity contribution is -0.124. The van der Waals surface area contributed by atoms with Gasteiger partial charge in [-0.05, 0) is 0 Å². The molecule has 0 heterocycles. The van der Waals surface area contributed by atoms with Crippen molar-refractivity contribution in [2.45, 2.75) is 19.1 Å². The summed E-state index contributed by atoms with van der Waals surface area (Å²) in [6.45, 7) is 3.63. The summed E-state index contributed by atoms with van der Waals surface area (Å²) in [4.78, 5) is 10.7. The fourth-order valence-corrected chi connectivity index (χ4v) is 0.486. The molecule has 0 saturated heterocycles. The van der Waals surface area contributed by atoms with Crippen molar-refractivity contribution in [2.75, 3.05) is 0 Å². The number of rotatable bonds is 2. The average Bonchev–Trinajstić information content (AvgIpc) is 1.84. The van der Waals surface area contributed by atoms with Crippen molar-refractivity contribution >= 4 is 18.5 Å². The second-order valence-electron chi connectivity index (χ2n) is 2.04. The number of carbonyl (C=O) groups is 1. The standard InChI is InChI=1S/C5H12N2OS/c1-3(4(2)9)5(8)7-6/h3-4,9H,6H2,1-2H3,(H,7,8). The molecular formula is C5H12N2OS. The van der Waals surface area contributed by atoms with Gasteiger partial charge in [0, 0.05) is 11.2 Å². The Hall–Kier alpha value is -0.220. The van der Waals surface area contributed by atoms with E-state index in [4.69, 9.17) is 5.84 Å². The quantitative estimate of drug-likeness (QED) is 0.222. The fourth-order valence-electron chi connectivity index (χ4n) is 0.351. The molecule has 0 aromatic heterocycles. The molecule has 0 saturated carbocycles. The van der Waals surface area contributed by atoms with Crippen LogP contribution in [0.2, 0.25) is 0 Å². The zero-order valence-corrected chi connectivity index (χ0v) is 6.48. The Morgan fingerprint density at radius 2 is 2.11 bits per heavy atom. The number of nitrogens with one attached hydrogen (secondary N) is 1. The van der Waals surface area contributed by atoms with Crippen molar-refractivity contribution in [3.05, 3.63) is 0 Å². The molecule has 0 rings (SSSR count). The van der Waals surface area contributed by atoms with Gasteiger partial charge in [0.15, 0.2) is 0 Å². The fraction of sp³-hybridized carbons (Fsp3) is 0.800. The molecule has 2 atom stereocenters. The van der Waals surface area contributed by atoms with Crippen molar-refractivity contribution in [3.63, 3.8) is 0 Å². The molecule has 4 heteroatoms. The molecular weight excluding hydrogens is 136 g/mol. The van der Waals surface area contributed by atoms with Gasteiger partial charge in [-0.3, -0.25) is 10.2 Å². The molecule has 2 unspecified atom stereocenters. The summed E-state index contributed by atoms with van der Waals surface area (Å²) in [5, 5.41) is 0.0496. The summed E-state index contributed by atoms with van der Waals surface area (Å²) in [6.07, 6.45) is 0. The van der Waals surface area contributed by atoms with Crippen molar-refractivity contribution < 1.29 is 4.79 Å². The molecule has 1 amide bonds. The number of nitrogens with two attached hydrogens (primary N) is 1. The molecule has 0 aromatic rings. The molecule has 0 radical (unpaired) electrons. The molecule has 0 spiro atoms. The van der Waals surface area contributed by atoms with E-state index in [2.05, 4.69) is 18.1 Å². The topological polar surface area (TPSA) is 55.1 Å². The second-order valence-corrected chi connectivity index (χ2v) is 2.85. The lowest BCUT2D eigenvalue weighted by Gasteiger charge is -2.11. The second kappa shape index (κ2) is 3.74. The summed E-state index contributed by atoms with van der Waals surface area (Å²) in [5.41, 5.74) is 2.06. The number of carbonyl (C=O) groups excluding carboxylic acids is 1. The van der Waals surface area contributed by atoms with Gasteiger partial charge in [-0.15, -0.1) is 0 Å². The van der Waals surface area contributed by atoms with Crippen molar-refractivity contribution in [3.8, 4) is 0 Å². The molecule has 9 heavy (non-hydrogen) atoms. The van der Waals surface area contributed by atoms with E-state index in [9.17, 15) is 4.79 Å². The van der Waals surface area contributed by atoms with Gasteiger partial charge in [0.05, 0.1) is 0 Å². The summed E-state index contributed by atoms with van der Waals surface area (Å²) < 4.78 is 0. The highest BCUT2D eigenvalue weighted by Crippen LogP contribution is 2.07. The van der Waals surface area contributed by atoms with Gasteiger partial charge in [-0.2, -0.15) is 12.6 Å². The number of amides is 1. The van der Waals surface area contributed by atoms with Crippen LogP contribution in [0.4, 0.5) is 0 Å². The third-order valence-electron chi connectivity index (χ3n) is 1.28. The van der Waals surface area contributed by atoms with Gasteiger partial charge < -0.3 is 0 Å². The van der Waals surface area contributed by atoms with Crippen LogP contribution in [0.1, 0.15) is 13.8 Å². The average molecular weight is 148 g/mol. The first-order chi connectivity index (χ1) is 4.09. The van der Waals surface area contributed by atoms with Gasteiger partial charge in [0.2, 0.25) is 5.91 Å². The summed E-state index contributed by atoms with van der Waals surface area (Å²) in [7, 11) is 0. The van der Waals surface area contributed by atoms with Crippen LogP contribution >= 0.6 is 12.6 Å². The zero-order chi connectivity index (χ0) is 7.44. The van der Waals surface area contributed by atoms with E-state index in [-0.39, 0.29) is 17.1 Å². The smallest absolute Gasteiger partial charge is 0.237 e. The lowest BCUT2D eigenvalue weighted by Crippen LogP contribution is -2.37. The molecule has 3 N–H and O–H groups in total. The minimum absolute atomic E-state index is 0.0496. The first-order valence-corrected chi connectivity index (χ1v) is 3.29. The van der Waals surface area contributed by atoms with Gasteiger partial charge in [0.25, 0.3) is 0 Å². The highest BCUT2D eigenvalue weighted by atomic mass is 32.1. The number of hydrogen-bond donors (Lipinski definition) is 3. The third-order valence-corrected chi connectivity index (χ3v) is 1.73. The number of hydrogen-bond acceptors (Lipinski definition) is 3. The summed E-state index contributed by atoms with van der Waals surface area (Å²) in [5.74, 6) is 4.58. The Labute approximate surface area is 60.4 Å². The molecule has 0 aliphatic heterocycles. The molecule has 54 valence electrons. The van der Waals surface area contributed by atoms with Crippen LogP contribution in [-0.4, -0.2) is 11.2 Å². The summed E-state index contributed by atoms with van der Waals surface area (Å²) >= 11 is 4.07. The van der Waals surface area contributed by atoms with Crippen molar-refractivity contribution in [1.29, 1.82) is 0 Å². The predicted octanol–water partition coefficient (Wildman–Crippen LogP) is -0.0693. The normalized spacial score (nSPS) is 16.4. The first-order valence-electron chi connectivity index (χ1n) is 2.78. The van der Waals surface area contributed by atoms with E-state index in [0.29, 0.717) is 0 Å². The van der Waals surface area contributed by atoms with Crippen LogP contribution < -0.4 is 11.3 Å². The van der Waals surface area contributed by atoms with Crippen LogP contribution in [0, 0.1) is 5.92 Å². The minimum atomic E-state index is -0.169. The van der Waals surface area contributed by atoms with E-state index in [1.807, 2.05) is 6.92 Å². The van der Waals surface area contributed by atoms with Gasteiger partial charge in [-0.25, -0.2) is 5.84 Å². The largest absolute Gasteiger partial charge is 0.294 e. The Kier molecular flexibility index (Phi) is 3.65. The van der Waals surface area contributed by atoms with Crippen LogP contribution in [0.15, 0.2) is 0 Å². The molecule has 0 aliphatic carbocycles. The van der Waals surface area contributed by atoms with E-state index in [1.54, 1.807) is 6.92 Å². The van der Waals surface area contributed by atoms with Crippen molar-refractivity contribution in [1.82, 2.24) is 5.43 Å². The maximum atomic E-state index is 10.7. The maximum Gasteiger partial charge on any atom is 0.237 e. The minimum Gasteiger partial charge on any atom is -0.294 e. The Bertz CT molecular complexity index is 105. The Morgan fingerprint density at radius 1 is 1.67 bits per heavy atom. The van der Waals surface area contributed by atoms with Crippen LogP contribution in [-0.2, 0) is 4.79 Å². The van der Waals surface area contributed by atoms with Crippen LogP contribution in [0.25, 0.3) is 0 Å². The molecule has 0 aliphatic rings. The Morgan fingerprint density at radius 3 is 2.22 bits per heavy atom. The van der Waals surface area contributed by atoms with Crippen LogP contribution in [0.5, 0.6) is 0 Å². The zero-order valence-electron chi connectivity index (χ0n) is 5.59. The summed E-state index contributed by atoms with van der Waals surface area (Å²) in [6, 6.07) is 0. The predicted molar refractivity (Wildman–Crippen MR) is 39.9 cm³/mol. The van der Waals surface area contributed by atoms with Gasteiger partial charge in [-0.1, -0.05) is 13.8 Å². The molecule has 0 fully saturated rings. The Balaban J connectivity index is 3.72. The number of thiol groups is 1.